The number of aromatic carboxylic acids is 1. The molecule has 2 heterocycles. The summed E-state index contributed by atoms with van der Waals surface area (Å²) in [6.07, 6.45) is 1.27. The number of benzene rings is 4. The molecule has 0 saturated carbocycles. The number of hydrogen-bond donors (Lipinski definition) is 1. The van der Waals surface area contributed by atoms with E-state index in [0.717, 1.165) is 4.68 Å². The van der Waals surface area contributed by atoms with E-state index in [4.69, 9.17) is 25.9 Å². The predicted octanol–water partition coefficient (Wildman–Crippen LogP) is 6.53. The Morgan fingerprint density at radius 1 is 1.07 bits per heavy atom. The molecule has 12 heteroatoms. The topological polar surface area (TPSA) is 150 Å². The van der Waals surface area contributed by atoms with Gasteiger partial charge < -0.3 is 14.3 Å². The second-order valence-corrected chi connectivity index (χ2v) is 9.81. The molecule has 6 aromatic rings. The first-order valence-corrected chi connectivity index (χ1v) is 13.1. The zero-order valence-corrected chi connectivity index (χ0v) is 22.8. The van der Waals surface area contributed by atoms with Gasteiger partial charge in [0.25, 0.3) is 11.2 Å². The van der Waals surface area contributed by atoms with Crippen molar-refractivity contribution in [3.05, 3.63) is 133 Å². The highest BCUT2D eigenvalue weighted by atomic mass is 35.5. The number of carbonyl (C=O) groups is 1. The van der Waals surface area contributed by atoms with Crippen LogP contribution in [0.4, 0.5) is 5.69 Å². The standard InChI is InChI=1S/C31H19ClN4O7/c32-22-9-11-27-20(13-22)15-28(43-27)29-34-25-4-2-1-3-24(25)30(37)35(29)33-16-21-14-23(36(40)41)10-12-26(21)42-17-18-5-7-19(8-6-18)31(38)39/h1-16H,17H2,(H,38,39). The van der Waals surface area contributed by atoms with Gasteiger partial charge in [-0.25, -0.2) is 9.78 Å². The fourth-order valence-corrected chi connectivity index (χ4v) is 4.60. The third kappa shape index (κ3) is 5.56. The molecule has 0 saturated heterocycles. The smallest absolute Gasteiger partial charge is 0.335 e. The summed E-state index contributed by atoms with van der Waals surface area (Å²) in [5.74, 6) is -0.430. The molecular formula is C31H19ClN4O7. The molecule has 1 N–H and O–H groups in total. The number of non-ortho nitro benzene ring substituents is 1. The Bertz CT molecular complexity index is 2140. The number of hydrogen-bond acceptors (Lipinski definition) is 8. The largest absolute Gasteiger partial charge is 0.488 e. The fraction of sp³-hybridized carbons (Fsp3) is 0.0323. The molecule has 2 aromatic heterocycles. The summed E-state index contributed by atoms with van der Waals surface area (Å²) < 4.78 is 13.0. The summed E-state index contributed by atoms with van der Waals surface area (Å²) in [6.45, 7) is 0.0445. The number of fused-ring (bicyclic) bond motifs is 2. The maximum absolute atomic E-state index is 13.6. The van der Waals surface area contributed by atoms with Crippen LogP contribution in [-0.4, -0.2) is 31.9 Å². The first-order chi connectivity index (χ1) is 20.8. The lowest BCUT2D eigenvalue weighted by atomic mass is 10.1. The average molecular weight is 595 g/mol. The van der Waals surface area contributed by atoms with Gasteiger partial charge in [-0.3, -0.25) is 14.9 Å². The molecule has 0 aliphatic rings. The van der Waals surface area contributed by atoms with Crippen LogP contribution in [0.3, 0.4) is 0 Å². The summed E-state index contributed by atoms with van der Waals surface area (Å²) in [5.41, 5.74) is 1.29. The van der Waals surface area contributed by atoms with Gasteiger partial charge in [-0.1, -0.05) is 35.9 Å². The summed E-state index contributed by atoms with van der Waals surface area (Å²) >= 11 is 6.14. The van der Waals surface area contributed by atoms with Gasteiger partial charge in [0.2, 0.25) is 5.82 Å². The minimum absolute atomic E-state index is 0.0445. The van der Waals surface area contributed by atoms with E-state index in [-0.39, 0.29) is 40.8 Å². The number of aromatic nitrogens is 2. The summed E-state index contributed by atoms with van der Waals surface area (Å²) in [5, 5.41) is 26.6. The summed E-state index contributed by atoms with van der Waals surface area (Å²) in [4.78, 5) is 40.4. The third-order valence-electron chi connectivity index (χ3n) is 6.56. The number of nitro groups is 1. The van der Waals surface area contributed by atoms with Crippen LogP contribution in [0, 0.1) is 10.1 Å². The highest BCUT2D eigenvalue weighted by Crippen LogP contribution is 2.29. The molecule has 0 aliphatic heterocycles. The Morgan fingerprint density at radius 3 is 2.63 bits per heavy atom. The van der Waals surface area contributed by atoms with Crippen LogP contribution >= 0.6 is 11.6 Å². The van der Waals surface area contributed by atoms with Crippen LogP contribution in [0.15, 0.2) is 105 Å². The number of halogens is 1. The van der Waals surface area contributed by atoms with Crippen molar-refractivity contribution < 1.29 is 24.0 Å². The highest BCUT2D eigenvalue weighted by molar-refractivity contribution is 6.31. The number of carboxylic acid groups (broad SMARTS) is 1. The summed E-state index contributed by atoms with van der Waals surface area (Å²) in [6, 6.07) is 23.7. The van der Waals surface area contributed by atoms with Crippen molar-refractivity contribution >= 4 is 51.3 Å². The van der Waals surface area contributed by atoms with Crippen LogP contribution in [0.25, 0.3) is 33.5 Å². The van der Waals surface area contributed by atoms with Crippen molar-refractivity contribution in [2.45, 2.75) is 6.61 Å². The van der Waals surface area contributed by atoms with Crippen LogP contribution < -0.4 is 10.3 Å². The van der Waals surface area contributed by atoms with Gasteiger partial charge in [0.05, 0.1) is 27.6 Å². The summed E-state index contributed by atoms with van der Waals surface area (Å²) in [7, 11) is 0. The number of rotatable bonds is 8. The minimum atomic E-state index is -1.05. The molecule has 4 aromatic carbocycles. The zero-order valence-electron chi connectivity index (χ0n) is 22.0. The number of furan rings is 1. The molecule has 0 fully saturated rings. The van der Waals surface area contributed by atoms with E-state index in [9.17, 15) is 19.7 Å². The van der Waals surface area contributed by atoms with Crippen molar-refractivity contribution in [2.75, 3.05) is 0 Å². The molecule has 43 heavy (non-hydrogen) atoms. The van der Waals surface area contributed by atoms with Crippen molar-refractivity contribution in [3.63, 3.8) is 0 Å². The van der Waals surface area contributed by atoms with Gasteiger partial charge in [0.15, 0.2) is 5.76 Å². The number of ether oxygens (including phenoxy) is 1. The van der Waals surface area contributed by atoms with E-state index in [1.807, 2.05) is 0 Å². The fourth-order valence-electron chi connectivity index (χ4n) is 4.42. The molecule has 0 spiro atoms. The van der Waals surface area contributed by atoms with E-state index in [2.05, 4.69) is 10.1 Å². The average Bonchev–Trinajstić information content (AvgIpc) is 3.43. The Balaban J connectivity index is 1.43. The number of carboxylic acids is 1. The highest BCUT2D eigenvalue weighted by Gasteiger charge is 2.18. The number of nitro benzene ring substituents is 1. The second kappa shape index (κ2) is 11.2. The lowest BCUT2D eigenvalue weighted by Crippen LogP contribution is -2.20. The van der Waals surface area contributed by atoms with Crippen molar-refractivity contribution in [1.29, 1.82) is 0 Å². The second-order valence-electron chi connectivity index (χ2n) is 9.38. The lowest BCUT2D eigenvalue weighted by molar-refractivity contribution is -0.384. The Morgan fingerprint density at radius 2 is 1.86 bits per heavy atom. The molecule has 212 valence electrons. The minimum Gasteiger partial charge on any atom is -0.488 e. The van der Waals surface area contributed by atoms with Gasteiger partial charge in [-0.2, -0.15) is 9.78 Å². The molecule has 0 radical (unpaired) electrons. The predicted molar refractivity (Wildman–Crippen MR) is 160 cm³/mol. The Hall–Kier alpha value is -5.81. The molecular weight excluding hydrogens is 576 g/mol. The van der Waals surface area contributed by atoms with Gasteiger partial charge in [0.1, 0.15) is 17.9 Å². The molecule has 0 aliphatic carbocycles. The molecule has 6 rings (SSSR count). The quantitative estimate of drug-likeness (QED) is 0.119. The van der Waals surface area contributed by atoms with Gasteiger partial charge >= 0.3 is 5.97 Å². The van der Waals surface area contributed by atoms with E-state index in [1.165, 1.54) is 36.5 Å². The molecule has 11 nitrogen and oxygen atoms in total. The van der Waals surface area contributed by atoms with Gasteiger partial charge in [0, 0.05) is 28.1 Å². The van der Waals surface area contributed by atoms with Crippen molar-refractivity contribution in [1.82, 2.24) is 9.66 Å². The molecule has 0 atom stereocenters. The molecule has 0 bridgehead atoms. The van der Waals surface area contributed by atoms with E-state index in [1.54, 1.807) is 60.7 Å². The van der Waals surface area contributed by atoms with Crippen molar-refractivity contribution in [2.24, 2.45) is 5.10 Å². The van der Waals surface area contributed by atoms with E-state index in [0.29, 0.717) is 32.5 Å². The third-order valence-corrected chi connectivity index (χ3v) is 6.80. The maximum atomic E-state index is 13.6. The van der Waals surface area contributed by atoms with Crippen LogP contribution in [0.2, 0.25) is 5.02 Å². The monoisotopic (exact) mass is 594 g/mol. The maximum Gasteiger partial charge on any atom is 0.335 e. The number of nitrogens with zero attached hydrogens (tertiary/aromatic N) is 4. The van der Waals surface area contributed by atoms with E-state index >= 15 is 0 Å². The Labute approximate surface area is 247 Å². The lowest BCUT2D eigenvalue weighted by Gasteiger charge is -2.10. The Kier molecular flexibility index (Phi) is 7.14. The van der Waals surface area contributed by atoms with E-state index < -0.39 is 16.5 Å². The normalized spacial score (nSPS) is 11.4. The SMILES string of the molecule is O=C(O)c1ccc(COc2ccc([N+](=O)[O-])cc2C=Nn2c(-c3cc4cc(Cl)ccc4o3)nc3ccccc3c2=O)cc1. The van der Waals surface area contributed by atoms with Crippen LogP contribution in [0.1, 0.15) is 21.5 Å². The van der Waals surface area contributed by atoms with Gasteiger partial charge in [-0.05, 0) is 60.2 Å². The first-order valence-electron chi connectivity index (χ1n) is 12.8. The van der Waals surface area contributed by atoms with Crippen LogP contribution in [-0.2, 0) is 6.61 Å². The van der Waals surface area contributed by atoms with Gasteiger partial charge in [-0.15, -0.1) is 0 Å². The zero-order chi connectivity index (χ0) is 30.1. The van der Waals surface area contributed by atoms with Crippen LogP contribution in [0.5, 0.6) is 5.75 Å². The molecule has 0 amide bonds. The van der Waals surface area contributed by atoms with Crippen molar-refractivity contribution in [3.8, 4) is 17.3 Å². The molecule has 0 unspecified atom stereocenters. The first kappa shape index (κ1) is 27.4. The number of para-hydroxylation sites is 1.